The third-order valence-corrected chi connectivity index (χ3v) is 6.14. The van der Waals surface area contributed by atoms with E-state index in [4.69, 9.17) is 5.26 Å². The van der Waals surface area contributed by atoms with E-state index in [0.717, 1.165) is 29.2 Å². The minimum atomic E-state index is 0.645. The van der Waals surface area contributed by atoms with Gasteiger partial charge in [0.2, 0.25) is 0 Å². The van der Waals surface area contributed by atoms with Crippen LogP contribution in [0.1, 0.15) is 43.2 Å². The zero-order valence-corrected chi connectivity index (χ0v) is 12.1. The molecule has 20 heavy (non-hydrogen) atoms. The van der Waals surface area contributed by atoms with Crippen molar-refractivity contribution < 1.29 is 0 Å². The second-order valence-electron chi connectivity index (χ2n) is 7.05. The Balaban J connectivity index is 1.55. The van der Waals surface area contributed by atoms with Gasteiger partial charge in [-0.15, -0.1) is 0 Å². The van der Waals surface area contributed by atoms with Crippen LogP contribution in [0.15, 0.2) is 18.2 Å². The van der Waals surface area contributed by atoms with Gasteiger partial charge in [0.05, 0.1) is 11.6 Å². The molecule has 0 spiro atoms. The van der Waals surface area contributed by atoms with Crippen molar-refractivity contribution in [3.05, 3.63) is 29.3 Å². The maximum Gasteiger partial charge on any atom is 0.0992 e. The zero-order valence-electron chi connectivity index (χ0n) is 12.1. The predicted molar refractivity (Wildman–Crippen MR) is 80.3 cm³/mol. The molecule has 104 valence electrons. The van der Waals surface area contributed by atoms with E-state index < -0.39 is 0 Å². The summed E-state index contributed by atoms with van der Waals surface area (Å²) in [6.07, 6.45) is 7.20. The van der Waals surface area contributed by atoms with Crippen molar-refractivity contribution in [2.45, 2.75) is 45.1 Å². The zero-order chi connectivity index (χ0) is 13.7. The minimum absolute atomic E-state index is 0.645. The molecular formula is C18H22N2. The summed E-state index contributed by atoms with van der Waals surface area (Å²) in [7, 11) is 0. The Hall–Kier alpha value is -1.49. The molecule has 0 aromatic heterocycles. The van der Waals surface area contributed by atoms with Crippen molar-refractivity contribution in [3.8, 4) is 6.07 Å². The second kappa shape index (κ2) is 4.52. The summed E-state index contributed by atoms with van der Waals surface area (Å²) < 4.78 is 0. The van der Waals surface area contributed by atoms with Crippen molar-refractivity contribution in [2.24, 2.45) is 23.7 Å². The lowest BCUT2D eigenvalue weighted by Gasteiger charge is -2.33. The van der Waals surface area contributed by atoms with Crippen LogP contribution >= 0.6 is 0 Å². The Kier molecular flexibility index (Phi) is 2.77. The highest BCUT2D eigenvalue weighted by Crippen LogP contribution is 2.59. The second-order valence-corrected chi connectivity index (χ2v) is 7.05. The maximum atomic E-state index is 9.06. The molecule has 3 saturated carbocycles. The van der Waals surface area contributed by atoms with E-state index in [1.165, 1.54) is 43.4 Å². The third-order valence-electron chi connectivity index (χ3n) is 6.14. The molecular weight excluding hydrogens is 244 g/mol. The molecule has 2 heteroatoms. The molecule has 1 aromatic rings. The molecule has 3 fully saturated rings. The number of fused-ring (bicyclic) bond motifs is 5. The Labute approximate surface area is 121 Å². The molecule has 1 aromatic carbocycles. The van der Waals surface area contributed by atoms with Gasteiger partial charge in [-0.05, 0) is 74.0 Å². The highest BCUT2D eigenvalue weighted by molar-refractivity contribution is 5.56. The first-order valence-corrected chi connectivity index (χ1v) is 8.03. The molecule has 0 radical (unpaired) electrons. The van der Waals surface area contributed by atoms with E-state index >= 15 is 0 Å². The van der Waals surface area contributed by atoms with Crippen LogP contribution < -0.4 is 5.32 Å². The normalized spacial score (nSPS) is 37.7. The molecule has 0 saturated heterocycles. The fourth-order valence-corrected chi connectivity index (χ4v) is 5.28. The quantitative estimate of drug-likeness (QED) is 0.874. The topological polar surface area (TPSA) is 35.8 Å². The molecule has 4 rings (SSSR count). The monoisotopic (exact) mass is 266 g/mol. The van der Waals surface area contributed by atoms with E-state index in [1.807, 2.05) is 12.1 Å². The summed E-state index contributed by atoms with van der Waals surface area (Å²) in [6, 6.07) is 8.89. The minimum Gasteiger partial charge on any atom is -0.382 e. The molecule has 5 atom stereocenters. The van der Waals surface area contributed by atoms with Crippen LogP contribution in [0, 0.1) is 41.9 Å². The first kappa shape index (κ1) is 12.3. The van der Waals surface area contributed by atoms with Crippen LogP contribution in [-0.4, -0.2) is 6.04 Å². The van der Waals surface area contributed by atoms with E-state index in [-0.39, 0.29) is 0 Å². The molecule has 0 amide bonds. The fraction of sp³-hybridized carbons (Fsp3) is 0.611. The van der Waals surface area contributed by atoms with Gasteiger partial charge in [0.25, 0.3) is 0 Å². The van der Waals surface area contributed by atoms with Gasteiger partial charge in [-0.1, -0.05) is 12.5 Å². The van der Waals surface area contributed by atoms with Gasteiger partial charge < -0.3 is 5.32 Å². The molecule has 2 nitrogen and oxygen atoms in total. The fourth-order valence-electron chi connectivity index (χ4n) is 5.28. The third kappa shape index (κ3) is 1.76. The van der Waals surface area contributed by atoms with Crippen LogP contribution in [0.25, 0.3) is 0 Å². The number of hydrogen-bond donors (Lipinski definition) is 1. The van der Waals surface area contributed by atoms with E-state index in [9.17, 15) is 0 Å². The summed E-state index contributed by atoms with van der Waals surface area (Å²) >= 11 is 0. The molecule has 1 N–H and O–H groups in total. The molecule has 3 aliphatic carbocycles. The summed E-state index contributed by atoms with van der Waals surface area (Å²) in [5.41, 5.74) is 3.20. The predicted octanol–water partition coefficient (Wildman–Crippen LogP) is 4.10. The number of anilines is 1. The average molecular weight is 266 g/mol. The van der Waals surface area contributed by atoms with E-state index in [2.05, 4.69) is 24.4 Å². The summed E-state index contributed by atoms with van der Waals surface area (Å²) in [4.78, 5) is 0. The van der Waals surface area contributed by atoms with Gasteiger partial charge in [0.1, 0.15) is 0 Å². The lowest BCUT2D eigenvalue weighted by atomic mass is 9.79. The van der Waals surface area contributed by atoms with Crippen LogP contribution in [0.5, 0.6) is 0 Å². The average Bonchev–Trinajstić information content (AvgIpc) is 3.12. The molecule has 0 aliphatic heterocycles. The first-order valence-electron chi connectivity index (χ1n) is 8.03. The summed E-state index contributed by atoms with van der Waals surface area (Å²) in [6.45, 7) is 2.13. The Bertz CT molecular complexity index is 571. The van der Waals surface area contributed by atoms with Gasteiger partial charge in [-0.25, -0.2) is 0 Å². The highest BCUT2D eigenvalue weighted by Gasteiger charge is 2.53. The van der Waals surface area contributed by atoms with Crippen LogP contribution in [-0.2, 0) is 0 Å². The number of nitrogens with zero attached hydrogens (tertiary/aromatic N) is 1. The number of nitrogens with one attached hydrogen (secondary N) is 1. The van der Waals surface area contributed by atoms with Gasteiger partial charge in [0.15, 0.2) is 0 Å². The van der Waals surface area contributed by atoms with Crippen LogP contribution in [0.4, 0.5) is 5.69 Å². The van der Waals surface area contributed by atoms with Gasteiger partial charge in [-0.2, -0.15) is 5.26 Å². The van der Waals surface area contributed by atoms with Crippen molar-refractivity contribution in [1.82, 2.24) is 0 Å². The maximum absolute atomic E-state index is 9.06. The summed E-state index contributed by atoms with van der Waals surface area (Å²) in [5.74, 6) is 3.90. The largest absolute Gasteiger partial charge is 0.382 e. The van der Waals surface area contributed by atoms with Crippen LogP contribution in [0.2, 0.25) is 0 Å². The Morgan fingerprint density at radius 2 is 2.00 bits per heavy atom. The van der Waals surface area contributed by atoms with Crippen molar-refractivity contribution in [1.29, 1.82) is 5.26 Å². The van der Waals surface area contributed by atoms with Gasteiger partial charge in [0, 0.05) is 11.7 Å². The van der Waals surface area contributed by atoms with Crippen LogP contribution in [0.3, 0.4) is 0 Å². The summed E-state index contributed by atoms with van der Waals surface area (Å²) in [5, 5.41) is 12.8. The Morgan fingerprint density at radius 1 is 1.15 bits per heavy atom. The number of aryl methyl sites for hydroxylation is 1. The first-order chi connectivity index (χ1) is 9.76. The number of nitriles is 1. The molecule has 2 bridgehead atoms. The van der Waals surface area contributed by atoms with E-state index in [0.29, 0.717) is 6.04 Å². The lowest BCUT2D eigenvalue weighted by Crippen LogP contribution is -2.34. The SMILES string of the molecule is Cc1ccc(C#N)cc1NC1CC2CC1C1CCCC21. The standard InChI is InChI=1S/C18H22N2/c1-11-5-6-12(10-19)7-17(11)20-18-9-13-8-16(18)15-4-2-3-14(13)15/h5-7,13-16,18,20H,2-4,8-9H2,1H3. The number of benzene rings is 1. The van der Waals surface area contributed by atoms with E-state index in [1.54, 1.807) is 0 Å². The lowest BCUT2D eigenvalue weighted by molar-refractivity contribution is 0.243. The number of rotatable bonds is 2. The van der Waals surface area contributed by atoms with Crippen molar-refractivity contribution in [2.75, 3.05) is 5.32 Å². The smallest absolute Gasteiger partial charge is 0.0992 e. The van der Waals surface area contributed by atoms with Crippen molar-refractivity contribution in [3.63, 3.8) is 0 Å². The molecule has 3 aliphatic rings. The van der Waals surface area contributed by atoms with Gasteiger partial charge >= 0.3 is 0 Å². The van der Waals surface area contributed by atoms with Crippen molar-refractivity contribution >= 4 is 5.69 Å². The Morgan fingerprint density at radius 3 is 2.85 bits per heavy atom. The van der Waals surface area contributed by atoms with Gasteiger partial charge in [-0.3, -0.25) is 0 Å². The highest BCUT2D eigenvalue weighted by atomic mass is 15.0. The molecule has 0 heterocycles. The molecule has 5 unspecified atom stereocenters. The number of hydrogen-bond acceptors (Lipinski definition) is 2.